The fraction of sp³-hybridized carbons (Fsp3) is 0.556. The Hall–Kier alpha value is -2.28. The summed E-state index contributed by atoms with van der Waals surface area (Å²) in [5, 5.41) is 10.7. The van der Waals surface area contributed by atoms with Crippen LogP contribution < -0.4 is 5.69 Å². The van der Waals surface area contributed by atoms with Crippen molar-refractivity contribution in [2.75, 3.05) is 13.1 Å². The molecule has 1 aromatic heterocycles. The maximum absolute atomic E-state index is 12.2. The Labute approximate surface area is 146 Å². The Kier molecular flexibility index (Phi) is 4.36. The molecule has 2 atom stereocenters. The number of aryl methyl sites for hydroxylation is 1. The van der Waals surface area contributed by atoms with Gasteiger partial charge in [0.2, 0.25) is 0 Å². The van der Waals surface area contributed by atoms with Gasteiger partial charge in [-0.3, -0.25) is 4.57 Å². The van der Waals surface area contributed by atoms with E-state index in [2.05, 4.69) is 4.98 Å². The van der Waals surface area contributed by atoms with Crippen molar-refractivity contribution in [3.63, 3.8) is 0 Å². The lowest BCUT2D eigenvalue weighted by atomic mass is 9.86. The van der Waals surface area contributed by atoms with E-state index in [1.807, 2.05) is 39.0 Å². The van der Waals surface area contributed by atoms with Crippen LogP contribution in [0.25, 0.3) is 11.0 Å². The highest BCUT2D eigenvalue weighted by atomic mass is 16.6. The average molecular weight is 347 g/mol. The van der Waals surface area contributed by atoms with Crippen LogP contribution in [0.2, 0.25) is 0 Å². The van der Waals surface area contributed by atoms with Crippen molar-refractivity contribution >= 4 is 17.1 Å². The third-order valence-corrected chi connectivity index (χ3v) is 4.58. The number of β-amino-alcohol motifs (C(OH)–C–C–N with tert-alkyl or cyclic N) is 1. The van der Waals surface area contributed by atoms with Gasteiger partial charge in [-0.25, -0.2) is 9.59 Å². The first-order chi connectivity index (χ1) is 11.7. The molecule has 0 radical (unpaired) electrons. The zero-order valence-corrected chi connectivity index (χ0v) is 15.1. The number of para-hydroxylation sites is 1. The molecule has 1 aromatic carbocycles. The van der Waals surface area contributed by atoms with Crippen molar-refractivity contribution in [1.29, 1.82) is 0 Å². The van der Waals surface area contributed by atoms with Gasteiger partial charge >= 0.3 is 11.8 Å². The number of amides is 1. The van der Waals surface area contributed by atoms with E-state index in [9.17, 15) is 14.7 Å². The molecule has 0 unspecified atom stereocenters. The minimum absolute atomic E-state index is 0.135. The fourth-order valence-corrected chi connectivity index (χ4v) is 3.42. The SMILES string of the molecule is Cn1c(=O)[nH]c2cccc([C@H]3CCN(C(=O)OC(C)(C)C)C[C@@H]3O)c21. The van der Waals surface area contributed by atoms with E-state index < -0.39 is 17.8 Å². The van der Waals surface area contributed by atoms with Crippen LogP contribution in [0.4, 0.5) is 4.79 Å². The molecule has 25 heavy (non-hydrogen) atoms. The maximum atomic E-state index is 12.2. The van der Waals surface area contributed by atoms with Crippen LogP contribution in [0.1, 0.15) is 38.7 Å². The fourth-order valence-electron chi connectivity index (χ4n) is 3.42. The van der Waals surface area contributed by atoms with E-state index in [-0.39, 0.29) is 18.2 Å². The summed E-state index contributed by atoms with van der Waals surface area (Å²) in [5.41, 5.74) is 1.75. The number of piperidine rings is 1. The van der Waals surface area contributed by atoms with Crippen LogP contribution in [-0.4, -0.2) is 50.4 Å². The van der Waals surface area contributed by atoms with E-state index in [1.165, 1.54) is 0 Å². The molecule has 1 amide bonds. The van der Waals surface area contributed by atoms with E-state index in [4.69, 9.17) is 4.74 Å². The smallest absolute Gasteiger partial charge is 0.410 e. The predicted molar refractivity (Wildman–Crippen MR) is 94.7 cm³/mol. The number of ether oxygens (including phenoxy) is 1. The van der Waals surface area contributed by atoms with E-state index >= 15 is 0 Å². The largest absolute Gasteiger partial charge is 0.444 e. The van der Waals surface area contributed by atoms with Gasteiger partial charge in [0, 0.05) is 19.5 Å². The van der Waals surface area contributed by atoms with Gasteiger partial charge in [-0.15, -0.1) is 0 Å². The van der Waals surface area contributed by atoms with E-state index in [0.717, 1.165) is 16.6 Å². The summed E-state index contributed by atoms with van der Waals surface area (Å²) in [6, 6.07) is 5.66. The Morgan fingerprint density at radius 2 is 2.08 bits per heavy atom. The molecule has 136 valence electrons. The molecule has 3 rings (SSSR count). The maximum Gasteiger partial charge on any atom is 0.410 e. The molecule has 1 aliphatic rings. The topological polar surface area (TPSA) is 87.6 Å². The van der Waals surface area contributed by atoms with Gasteiger partial charge in [-0.05, 0) is 38.8 Å². The molecule has 2 N–H and O–H groups in total. The molecule has 7 heteroatoms. The van der Waals surface area contributed by atoms with Crippen molar-refractivity contribution in [2.24, 2.45) is 7.05 Å². The number of rotatable bonds is 1. The van der Waals surface area contributed by atoms with Gasteiger partial charge in [-0.1, -0.05) is 12.1 Å². The molecular weight excluding hydrogens is 322 g/mol. The lowest BCUT2D eigenvalue weighted by Crippen LogP contribution is -2.47. The number of nitrogens with one attached hydrogen (secondary N) is 1. The average Bonchev–Trinajstić information content (AvgIpc) is 2.80. The number of likely N-dealkylation sites (tertiary alicyclic amines) is 1. The quantitative estimate of drug-likeness (QED) is 0.825. The molecule has 2 heterocycles. The molecule has 0 saturated carbocycles. The lowest BCUT2D eigenvalue weighted by Gasteiger charge is -2.37. The third-order valence-electron chi connectivity index (χ3n) is 4.58. The molecule has 1 aliphatic heterocycles. The summed E-state index contributed by atoms with van der Waals surface area (Å²) < 4.78 is 6.95. The molecule has 1 saturated heterocycles. The van der Waals surface area contributed by atoms with Gasteiger partial charge in [0.05, 0.1) is 23.7 Å². The minimum Gasteiger partial charge on any atom is -0.444 e. The van der Waals surface area contributed by atoms with Crippen molar-refractivity contribution in [3.8, 4) is 0 Å². The first kappa shape index (κ1) is 17.5. The van der Waals surface area contributed by atoms with E-state index in [1.54, 1.807) is 16.5 Å². The Morgan fingerprint density at radius 3 is 2.72 bits per heavy atom. The van der Waals surface area contributed by atoms with Crippen LogP contribution in [-0.2, 0) is 11.8 Å². The number of aliphatic hydroxyl groups is 1. The highest BCUT2D eigenvalue weighted by molar-refractivity contribution is 5.79. The summed E-state index contributed by atoms with van der Waals surface area (Å²) in [6.07, 6.45) is -0.507. The number of hydrogen-bond donors (Lipinski definition) is 2. The monoisotopic (exact) mass is 347 g/mol. The number of H-pyrrole nitrogens is 1. The molecule has 1 fully saturated rings. The number of aromatic amines is 1. The summed E-state index contributed by atoms with van der Waals surface area (Å²) in [4.78, 5) is 28.5. The molecule has 0 aliphatic carbocycles. The van der Waals surface area contributed by atoms with Crippen LogP contribution in [0.5, 0.6) is 0 Å². The van der Waals surface area contributed by atoms with Gasteiger partial charge in [0.25, 0.3) is 0 Å². The number of hydrogen-bond acceptors (Lipinski definition) is 4. The van der Waals surface area contributed by atoms with Crippen molar-refractivity contribution in [2.45, 2.75) is 44.8 Å². The standard InChI is InChI=1S/C18H25N3O4/c1-18(2,3)25-17(24)21-9-8-11(14(22)10-21)12-6-5-7-13-15(12)20(4)16(23)19-13/h5-7,11,14,22H,8-10H2,1-4H3,(H,19,23)/t11-,14+/m1/s1. The van der Waals surface area contributed by atoms with Crippen LogP contribution in [0, 0.1) is 0 Å². The number of carbonyl (C=O) groups is 1. The number of aliphatic hydroxyl groups excluding tert-OH is 1. The molecule has 7 nitrogen and oxygen atoms in total. The Balaban J connectivity index is 1.83. The second-order valence-electron chi connectivity index (χ2n) is 7.62. The summed E-state index contributed by atoms with van der Waals surface area (Å²) >= 11 is 0. The lowest BCUT2D eigenvalue weighted by molar-refractivity contribution is -0.00141. The van der Waals surface area contributed by atoms with Gasteiger partial charge in [-0.2, -0.15) is 0 Å². The van der Waals surface area contributed by atoms with Crippen molar-refractivity contribution in [3.05, 3.63) is 34.2 Å². The first-order valence-corrected chi connectivity index (χ1v) is 8.51. The number of nitrogens with zero attached hydrogens (tertiary/aromatic N) is 2. The molecule has 0 spiro atoms. The zero-order valence-electron chi connectivity index (χ0n) is 15.1. The third kappa shape index (κ3) is 3.42. The van der Waals surface area contributed by atoms with Crippen LogP contribution in [0.15, 0.2) is 23.0 Å². The second kappa shape index (κ2) is 6.22. The van der Waals surface area contributed by atoms with Gasteiger partial charge < -0.3 is 19.7 Å². The van der Waals surface area contributed by atoms with Crippen molar-refractivity contribution in [1.82, 2.24) is 14.5 Å². The van der Waals surface area contributed by atoms with E-state index in [0.29, 0.717) is 13.0 Å². The molecule has 2 aromatic rings. The van der Waals surface area contributed by atoms with Crippen LogP contribution in [0.3, 0.4) is 0 Å². The minimum atomic E-state index is -0.711. The van der Waals surface area contributed by atoms with Crippen molar-refractivity contribution < 1.29 is 14.6 Å². The predicted octanol–water partition coefficient (Wildman–Crippen LogP) is 1.95. The van der Waals surface area contributed by atoms with Gasteiger partial charge in [0.1, 0.15) is 5.60 Å². The number of carbonyl (C=O) groups excluding carboxylic acids is 1. The highest BCUT2D eigenvalue weighted by Gasteiger charge is 2.34. The number of benzene rings is 1. The highest BCUT2D eigenvalue weighted by Crippen LogP contribution is 2.33. The Morgan fingerprint density at radius 1 is 1.36 bits per heavy atom. The molecular formula is C18H25N3O4. The van der Waals surface area contributed by atoms with Crippen LogP contribution >= 0.6 is 0 Å². The first-order valence-electron chi connectivity index (χ1n) is 8.51. The summed E-state index contributed by atoms with van der Waals surface area (Å²) in [7, 11) is 1.72. The normalized spacial score (nSPS) is 21.6. The number of aromatic nitrogens is 2. The number of fused-ring (bicyclic) bond motifs is 1. The Bertz CT molecular complexity index is 846. The number of imidazole rings is 1. The summed E-state index contributed by atoms with van der Waals surface area (Å²) in [6.45, 7) is 6.18. The molecule has 0 bridgehead atoms. The zero-order chi connectivity index (χ0) is 18.4. The second-order valence-corrected chi connectivity index (χ2v) is 7.62. The summed E-state index contributed by atoms with van der Waals surface area (Å²) in [5.74, 6) is -0.135. The van der Waals surface area contributed by atoms with Gasteiger partial charge in [0.15, 0.2) is 0 Å².